The molecule has 0 aliphatic carbocycles. The lowest BCUT2D eigenvalue weighted by Crippen LogP contribution is -2.52. The standard InChI is InChI=1S/C19H24F3N3O4S.ClH/c1-9(2)16(19(28)29)24-17(27)18-25(3-4-30-18)15(26)7-11(23)5-10-6-13(21)14(22)8-12(10)20;/h6,8-9,11,16,18H,3-5,7,23H2,1-2H3,(H,24,27)(H,28,29);1H/t11-,16?,18+;/m1./s1. The number of carboxylic acid groups (broad SMARTS) is 1. The quantitative estimate of drug-likeness (QED) is 0.487. The smallest absolute Gasteiger partial charge is 0.326 e. The van der Waals surface area contributed by atoms with E-state index >= 15 is 0 Å². The average Bonchev–Trinajstić information content (AvgIpc) is 3.13. The van der Waals surface area contributed by atoms with Crippen LogP contribution in [0.4, 0.5) is 13.2 Å². The minimum absolute atomic E-state index is 0. The second-order valence-corrected chi connectivity index (χ2v) is 8.59. The molecule has 1 aromatic carbocycles. The van der Waals surface area contributed by atoms with Crippen molar-refractivity contribution in [1.82, 2.24) is 10.2 Å². The molecule has 1 heterocycles. The van der Waals surface area contributed by atoms with Gasteiger partial charge in [0.15, 0.2) is 17.0 Å². The third-order valence-electron chi connectivity index (χ3n) is 4.67. The molecule has 0 bridgehead atoms. The number of carbonyl (C=O) groups excluding carboxylic acids is 2. The van der Waals surface area contributed by atoms with Gasteiger partial charge in [0.1, 0.15) is 11.9 Å². The topological polar surface area (TPSA) is 113 Å². The molecule has 0 aromatic heterocycles. The third-order valence-corrected chi connectivity index (χ3v) is 5.88. The normalized spacial score (nSPS) is 17.8. The summed E-state index contributed by atoms with van der Waals surface area (Å²) in [7, 11) is 0. The van der Waals surface area contributed by atoms with Gasteiger partial charge in [-0.05, 0) is 24.0 Å². The van der Waals surface area contributed by atoms with Gasteiger partial charge in [0.25, 0.3) is 5.91 Å². The molecule has 0 saturated carbocycles. The second-order valence-electron chi connectivity index (χ2n) is 7.40. The van der Waals surface area contributed by atoms with Gasteiger partial charge in [-0.1, -0.05) is 13.8 Å². The van der Waals surface area contributed by atoms with Gasteiger partial charge in [-0.25, -0.2) is 18.0 Å². The molecular formula is C19H25ClF3N3O4S. The van der Waals surface area contributed by atoms with Crippen molar-refractivity contribution in [2.45, 2.75) is 44.1 Å². The van der Waals surface area contributed by atoms with Crippen molar-refractivity contribution in [1.29, 1.82) is 0 Å². The number of nitrogens with two attached hydrogens (primary N) is 1. The summed E-state index contributed by atoms with van der Waals surface area (Å²) in [6.45, 7) is 3.58. The van der Waals surface area contributed by atoms with Gasteiger partial charge in [0.2, 0.25) is 5.91 Å². The Labute approximate surface area is 188 Å². The van der Waals surface area contributed by atoms with Crippen molar-refractivity contribution in [3.05, 3.63) is 35.1 Å². The molecule has 7 nitrogen and oxygen atoms in total. The molecule has 0 radical (unpaired) electrons. The first-order chi connectivity index (χ1) is 14.0. The lowest BCUT2D eigenvalue weighted by molar-refractivity contribution is -0.144. The number of carbonyl (C=O) groups is 3. The number of thioether (sulfide) groups is 1. The number of rotatable bonds is 8. The Balaban J connectivity index is 0.00000480. The summed E-state index contributed by atoms with van der Waals surface area (Å²) in [5.41, 5.74) is 5.75. The fourth-order valence-electron chi connectivity index (χ4n) is 3.10. The van der Waals surface area contributed by atoms with E-state index in [1.54, 1.807) is 13.8 Å². The molecule has 1 aliphatic rings. The maximum atomic E-state index is 13.8. The molecule has 174 valence electrons. The van der Waals surface area contributed by atoms with E-state index in [9.17, 15) is 32.7 Å². The Kier molecular flexibility index (Phi) is 10.1. The van der Waals surface area contributed by atoms with Gasteiger partial charge >= 0.3 is 5.97 Å². The molecule has 2 rings (SSSR count). The molecule has 1 saturated heterocycles. The van der Waals surface area contributed by atoms with Crippen LogP contribution in [0.15, 0.2) is 12.1 Å². The molecule has 12 heteroatoms. The van der Waals surface area contributed by atoms with E-state index in [2.05, 4.69) is 5.32 Å². The Morgan fingerprint density at radius 1 is 1.23 bits per heavy atom. The molecule has 1 aromatic rings. The fraction of sp³-hybridized carbons (Fsp3) is 0.526. The summed E-state index contributed by atoms with van der Waals surface area (Å²) in [5.74, 6) is -5.58. The van der Waals surface area contributed by atoms with Gasteiger partial charge < -0.3 is 21.1 Å². The highest BCUT2D eigenvalue weighted by Gasteiger charge is 2.37. The van der Waals surface area contributed by atoms with E-state index < -0.39 is 52.7 Å². The van der Waals surface area contributed by atoms with Gasteiger partial charge in [0, 0.05) is 30.8 Å². The Bertz CT molecular complexity index is 831. The van der Waals surface area contributed by atoms with Gasteiger partial charge in [0.05, 0.1) is 0 Å². The SMILES string of the molecule is CC(C)C(NC(=O)[C@@H]1SCCN1C(=O)C[C@H](N)Cc1cc(F)c(F)cc1F)C(=O)O.Cl. The van der Waals surface area contributed by atoms with Crippen molar-refractivity contribution in [2.24, 2.45) is 11.7 Å². The molecule has 1 aliphatic heterocycles. The van der Waals surface area contributed by atoms with Crippen LogP contribution < -0.4 is 11.1 Å². The number of hydrogen-bond donors (Lipinski definition) is 3. The number of benzene rings is 1. The van der Waals surface area contributed by atoms with Crippen LogP contribution in [-0.4, -0.2) is 57.5 Å². The van der Waals surface area contributed by atoms with Crippen molar-refractivity contribution < 1.29 is 32.7 Å². The molecule has 1 fully saturated rings. The molecule has 3 atom stereocenters. The highest BCUT2D eigenvalue weighted by Crippen LogP contribution is 2.26. The van der Waals surface area contributed by atoms with E-state index in [1.807, 2.05) is 0 Å². The van der Waals surface area contributed by atoms with Crippen molar-refractivity contribution in [2.75, 3.05) is 12.3 Å². The molecule has 31 heavy (non-hydrogen) atoms. The van der Waals surface area contributed by atoms with E-state index in [0.29, 0.717) is 17.9 Å². The number of aliphatic carboxylic acids is 1. The first kappa shape index (κ1) is 27.1. The van der Waals surface area contributed by atoms with E-state index in [0.717, 1.165) is 0 Å². The van der Waals surface area contributed by atoms with Crippen LogP contribution in [0.25, 0.3) is 0 Å². The van der Waals surface area contributed by atoms with Crippen molar-refractivity contribution in [3.63, 3.8) is 0 Å². The number of nitrogens with zero attached hydrogens (tertiary/aromatic N) is 1. The first-order valence-electron chi connectivity index (χ1n) is 9.34. The molecule has 2 amide bonds. The van der Waals surface area contributed by atoms with Gasteiger partial charge in [-0.2, -0.15) is 0 Å². The van der Waals surface area contributed by atoms with E-state index in [-0.39, 0.29) is 43.3 Å². The first-order valence-corrected chi connectivity index (χ1v) is 10.4. The van der Waals surface area contributed by atoms with Crippen molar-refractivity contribution >= 4 is 42.0 Å². The van der Waals surface area contributed by atoms with Gasteiger partial charge in [-0.3, -0.25) is 9.59 Å². The largest absolute Gasteiger partial charge is 0.480 e. The molecular weight excluding hydrogens is 459 g/mol. The summed E-state index contributed by atoms with van der Waals surface area (Å²) < 4.78 is 40.2. The zero-order valence-electron chi connectivity index (χ0n) is 16.9. The molecule has 0 spiro atoms. The highest BCUT2D eigenvalue weighted by molar-refractivity contribution is 8.00. The number of amides is 2. The Morgan fingerprint density at radius 3 is 2.42 bits per heavy atom. The number of nitrogens with one attached hydrogen (secondary N) is 1. The number of carboxylic acids is 1. The number of halogens is 4. The summed E-state index contributed by atoms with van der Waals surface area (Å²) in [4.78, 5) is 37.7. The van der Waals surface area contributed by atoms with Crippen LogP contribution in [0, 0.1) is 23.4 Å². The summed E-state index contributed by atoms with van der Waals surface area (Å²) in [5, 5.41) is 10.8. The fourth-order valence-corrected chi connectivity index (χ4v) is 4.24. The lowest BCUT2D eigenvalue weighted by Gasteiger charge is -2.26. The lowest BCUT2D eigenvalue weighted by atomic mass is 10.0. The molecule has 4 N–H and O–H groups in total. The van der Waals surface area contributed by atoms with Crippen LogP contribution in [0.2, 0.25) is 0 Å². The summed E-state index contributed by atoms with van der Waals surface area (Å²) in [6, 6.07) is -0.845. The monoisotopic (exact) mass is 483 g/mol. The Hall–Kier alpha value is -1.98. The zero-order valence-corrected chi connectivity index (χ0v) is 18.6. The maximum Gasteiger partial charge on any atom is 0.326 e. The Morgan fingerprint density at radius 2 is 1.84 bits per heavy atom. The van der Waals surface area contributed by atoms with Crippen molar-refractivity contribution in [3.8, 4) is 0 Å². The minimum atomic E-state index is -1.31. The van der Waals surface area contributed by atoms with Crippen LogP contribution in [0.5, 0.6) is 0 Å². The van der Waals surface area contributed by atoms with E-state index in [1.165, 1.54) is 16.7 Å². The average molecular weight is 484 g/mol. The van der Waals surface area contributed by atoms with Crippen LogP contribution in [-0.2, 0) is 20.8 Å². The summed E-state index contributed by atoms with van der Waals surface area (Å²) >= 11 is 1.20. The number of hydrogen-bond acceptors (Lipinski definition) is 5. The predicted octanol–water partition coefficient (Wildman–Crippen LogP) is 1.91. The minimum Gasteiger partial charge on any atom is -0.480 e. The van der Waals surface area contributed by atoms with Crippen LogP contribution in [0.3, 0.4) is 0 Å². The molecule has 1 unspecified atom stereocenters. The van der Waals surface area contributed by atoms with Gasteiger partial charge in [-0.15, -0.1) is 24.2 Å². The van der Waals surface area contributed by atoms with Crippen LogP contribution >= 0.6 is 24.2 Å². The maximum absolute atomic E-state index is 13.8. The third kappa shape index (κ3) is 7.01. The van der Waals surface area contributed by atoms with E-state index in [4.69, 9.17) is 5.73 Å². The highest BCUT2D eigenvalue weighted by atomic mass is 35.5. The summed E-state index contributed by atoms with van der Waals surface area (Å²) in [6.07, 6.45) is -0.434. The predicted molar refractivity (Wildman–Crippen MR) is 112 cm³/mol. The second kappa shape index (κ2) is 11.6. The zero-order chi connectivity index (χ0) is 22.6. The van der Waals surface area contributed by atoms with Crippen LogP contribution in [0.1, 0.15) is 25.8 Å².